The molecule has 82 valence electrons. The topological polar surface area (TPSA) is 76.4 Å². The van der Waals surface area contributed by atoms with Gasteiger partial charge in [-0.2, -0.15) is 0 Å². The van der Waals surface area contributed by atoms with Gasteiger partial charge in [-0.3, -0.25) is 10.2 Å². The number of carbonyl (C=O) groups excluding carboxylic acids is 1. The van der Waals surface area contributed by atoms with Gasteiger partial charge >= 0.3 is 0 Å². The van der Waals surface area contributed by atoms with E-state index in [0.717, 1.165) is 19.4 Å². The van der Waals surface area contributed by atoms with Gasteiger partial charge in [0.25, 0.3) is 5.91 Å². The van der Waals surface area contributed by atoms with Crippen LogP contribution in [0.4, 0.5) is 0 Å². The number of hydrogen-bond donors (Lipinski definition) is 3. The van der Waals surface area contributed by atoms with Crippen LogP contribution in [-0.4, -0.2) is 30.7 Å². The van der Waals surface area contributed by atoms with Gasteiger partial charge in [-0.25, -0.2) is 5.84 Å². The summed E-state index contributed by atoms with van der Waals surface area (Å²) in [6.07, 6.45) is 2.41. The molecule has 1 heterocycles. The molecule has 1 fully saturated rings. The highest BCUT2D eigenvalue weighted by molar-refractivity contribution is 5.84. The first-order valence-corrected chi connectivity index (χ1v) is 4.94. The molecule has 0 saturated carbocycles. The van der Waals surface area contributed by atoms with Crippen LogP contribution in [0.15, 0.2) is 0 Å². The van der Waals surface area contributed by atoms with E-state index in [0.29, 0.717) is 6.54 Å². The molecular formula is C9H19N3O2. The summed E-state index contributed by atoms with van der Waals surface area (Å²) in [6, 6.07) is 0. The van der Waals surface area contributed by atoms with Crippen LogP contribution in [0, 0.1) is 0 Å². The van der Waals surface area contributed by atoms with Crippen LogP contribution < -0.4 is 16.6 Å². The van der Waals surface area contributed by atoms with Gasteiger partial charge in [-0.15, -0.1) is 0 Å². The molecule has 14 heavy (non-hydrogen) atoms. The van der Waals surface area contributed by atoms with E-state index < -0.39 is 5.54 Å². The number of carbonyl (C=O) groups is 1. The molecule has 1 rings (SSSR count). The van der Waals surface area contributed by atoms with Crippen molar-refractivity contribution in [2.24, 2.45) is 5.84 Å². The molecule has 5 heteroatoms. The number of hydrogen-bond acceptors (Lipinski definition) is 4. The zero-order chi connectivity index (χ0) is 10.6. The van der Waals surface area contributed by atoms with Crippen molar-refractivity contribution in [3.8, 4) is 0 Å². The van der Waals surface area contributed by atoms with Crippen LogP contribution in [0.1, 0.15) is 26.7 Å². The Hall–Kier alpha value is -0.650. The Morgan fingerprint density at radius 1 is 1.64 bits per heavy atom. The Kier molecular flexibility index (Phi) is 3.86. The molecule has 1 aliphatic heterocycles. The van der Waals surface area contributed by atoms with Crippen LogP contribution in [0.5, 0.6) is 0 Å². The molecular weight excluding hydrogens is 182 g/mol. The van der Waals surface area contributed by atoms with Crippen molar-refractivity contribution in [1.29, 1.82) is 0 Å². The number of amides is 1. The van der Waals surface area contributed by atoms with Crippen LogP contribution in [0.2, 0.25) is 0 Å². The van der Waals surface area contributed by atoms with E-state index in [1.54, 1.807) is 13.8 Å². The van der Waals surface area contributed by atoms with Crippen molar-refractivity contribution in [1.82, 2.24) is 10.7 Å². The highest BCUT2D eigenvalue weighted by Gasteiger charge is 2.27. The van der Waals surface area contributed by atoms with Crippen LogP contribution in [0.3, 0.4) is 0 Å². The highest BCUT2D eigenvalue weighted by Crippen LogP contribution is 2.12. The van der Waals surface area contributed by atoms with Crippen molar-refractivity contribution in [2.75, 3.05) is 13.2 Å². The molecule has 5 nitrogen and oxygen atoms in total. The van der Waals surface area contributed by atoms with Crippen molar-refractivity contribution in [3.05, 3.63) is 0 Å². The quantitative estimate of drug-likeness (QED) is 0.326. The van der Waals surface area contributed by atoms with E-state index in [9.17, 15) is 4.79 Å². The van der Waals surface area contributed by atoms with E-state index in [-0.39, 0.29) is 12.0 Å². The molecule has 1 amide bonds. The van der Waals surface area contributed by atoms with Crippen molar-refractivity contribution in [2.45, 2.75) is 38.3 Å². The minimum atomic E-state index is -0.638. The predicted octanol–water partition coefficient (Wildman–Crippen LogP) is -0.476. The van der Waals surface area contributed by atoms with Crippen molar-refractivity contribution >= 4 is 5.91 Å². The molecule has 0 aromatic rings. The van der Waals surface area contributed by atoms with Gasteiger partial charge in [-0.1, -0.05) is 0 Å². The van der Waals surface area contributed by atoms with Gasteiger partial charge < -0.3 is 10.1 Å². The Balaban J connectivity index is 2.31. The van der Waals surface area contributed by atoms with Gasteiger partial charge in [0.05, 0.1) is 11.6 Å². The van der Waals surface area contributed by atoms with Gasteiger partial charge in [0.15, 0.2) is 0 Å². The summed E-state index contributed by atoms with van der Waals surface area (Å²) in [6.45, 7) is 5.12. The fourth-order valence-electron chi connectivity index (χ4n) is 1.44. The second kappa shape index (κ2) is 4.72. The Morgan fingerprint density at radius 2 is 2.36 bits per heavy atom. The number of hydrazine groups is 1. The van der Waals surface area contributed by atoms with Crippen LogP contribution in [-0.2, 0) is 9.53 Å². The summed E-state index contributed by atoms with van der Waals surface area (Å²) in [5, 5.41) is 3.13. The first-order valence-electron chi connectivity index (χ1n) is 4.94. The fourth-order valence-corrected chi connectivity index (χ4v) is 1.44. The lowest BCUT2D eigenvalue weighted by Crippen LogP contribution is -2.55. The molecule has 1 atom stereocenters. The first-order chi connectivity index (χ1) is 6.56. The third-order valence-corrected chi connectivity index (χ3v) is 2.49. The average Bonchev–Trinajstić information content (AvgIpc) is 2.66. The summed E-state index contributed by atoms with van der Waals surface area (Å²) < 4.78 is 5.44. The monoisotopic (exact) mass is 201 g/mol. The average molecular weight is 201 g/mol. The molecule has 0 spiro atoms. The molecule has 0 radical (unpaired) electrons. The van der Waals surface area contributed by atoms with Gasteiger partial charge in [0.2, 0.25) is 0 Å². The Bertz CT molecular complexity index is 200. The summed E-state index contributed by atoms with van der Waals surface area (Å²) in [4.78, 5) is 11.3. The second-order valence-electron chi connectivity index (χ2n) is 4.11. The summed E-state index contributed by atoms with van der Waals surface area (Å²) >= 11 is 0. The molecule has 1 unspecified atom stereocenters. The van der Waals surface area contributed by atoms with E-state index in [2.05, 4.69) is 10.7 Å². The molecule has 0 bridgehead atoms. The molecule has 4 N–H and O–H groups in total. The maximum Gasteiger partial charge on any atom is 0.253 e. The minimum absolute atomic E-state index is 0.213. The normalized spacial score (nSPS) is 22.4. The smallest absolute Gasteiger partial charge is 0.253 e. The maximum absolute atomic E-state index is 11.3. The summed E-state index contributed by atoms with van der Waals surface area (Å²) in [5.74, 6) is 4.86. The molecule has 0 aromatic heterocycles. The van der Waals surface area contributed by atoms with Gasteiger partial charge in [0.1, 0.15) is 0 Å². The summed E-state index contributed by atoms with van der Waals surface area (Å²) in [7, 11) is 0. The van der Waals surface area contributed by atoms with Gasteiger partial charge in [0, 0.05) is 13.2 Å². The predicted molar refractivity (Wildman–Crippen MR) is 53.4 cm³/mol. The number of rotatable bonds is 4. The Morgan fingerprint density at radius 3 is 2.86 bits per heavy atom. The number of nitrogens with one attached hydrogen (secondary N) is 2. The van der Waals surface area contributed by atoms with E-state index >= 15 is 0 Å². The van der Waals surface area contributed by atoms with E-state index in [1.807, 2.05) is 0 Å². The minimum Gasteiger partial charge on any atom is -0.377 e. The van der Waals surface area contributed by atoms with Crippen molar-refractivity contribution in [3.63, 3.8) is 0 Å². The van der Waals surface area contributed by atoms with Crippen LogP contribution >= 0.6 is 0 Å². The zero-order valence-electron chi connectivity index (χ0n) is 8.80. The fraction of sp³-hybridized carbons (Fsp3) is 0.889. The summed E-state index contributed by atoms with van der Waals surface area (Å²) in [5.41, 5.74) is 1.50. The first kappa shape index (κ1) is 11.4. The van der Waals surface area contributed by atoms with Crippen molar-refractivity contribution < 1.29 is 9.53 Å². The third-order valence-electron chi connectivity index (χ3n) is 2.49. The lowest BCUT2D eigenvalue weighted by atomic mass is 10.0. The Labute approximate surface area is 84.3 Å². The maximum atomic E-state index is 11.3. The lowest BCUT2D eigenvalue weighted by molar-refractivity contribution is -0.126. The standard InChI is InChI=1S/C9H19N3O2/c1-9(2,8(13)12-10)11-6-7-4-3-5-14-7/h7,11H,3-6,10H2,1-2H3,(H,12,13). The molecule has 0 aromatic carbocycles. The lowest BCUT2D eigenvalue weighted by Gasteiger charge is -2.25. The molecule has 0 aliphatic carbocycles. The zero-order valence-corrected chi connectivity index (χ0v) is 8.80. The third kappa shape index (κ3) is 2.94. The largest absolute Gasteiger partial charge is 0.377 e. The van der Waals surface area contributed by atoms with Crippen LogP contribution in [0.25, 0.3) is 0 Å². The SMILES string of the molecule is CC(C)(NCC1CCCO1)C(=O)NN. The molecule has 1 saturated heterocycles. The van der Waals surface area contributed by atoms with E-state index in [4.69, 9.17) is 10.6 Å². The number of nitrogens with two attached hydrogens (primary N) is 1. The number of ether oxygens (including phenoxy) is 1. The molecule has 1 aliphatic rings. The van der Waals surface area contributed by atoms with E-state index in [1.165, 1.54) is 0 Å². The highest BCUT2D eigenvalue weighted by atomic mass is 16.5. The second-order valence-corrected chi connectivity index (χ2v) is 4.11. The van der Waals surface area contributed by atoms with Gasteiger partial charge in [-0.05, 0) is 26.7 Å².